The molecule has 1 aliphatic heterocycles. The highest BCUT2D eigenvalue weighted by Gasteiger charge is 2.10. The van der Waals surface area contributed by atoms with Crippen molar-refractivity contribution in [3.8, 4) is 0 Å². The Labute approximate surface area is 98.9 Å². The van der Waals surface area contributed by atoms with E-state index < -0.39 is 0 Å². The second-order valence-corrected chi connectivity index (χ2v) is 4.66. The fraction of sp³-hybridized carbons (Fsp3) is 0.917. The standard InChI is InChI=1S/C12H26N4/c13-12(14)16-10-6-2-4-8-11-7-3-1-5-9-15-11/h11,15H,1-10H2,(H4,13,14,16). The van der Waals surface area contributed by atoms with Crippen molar-refractivity contribution in [3.63, 3.8) is 0 Å². The van der Waals surface area contributed by atoms with Crippen molar-refractivity contribution in [1.29, 1.82) is 0 Å². The Morgan fingerprint density at radius 1 is 1.12 bits per heavy atom. The SMILES string of the molecule is NC(N)=NCCCCCC1CCCCCN1. The second-order valence-electron chi connectivity index (χ2n) is 4.66. The lowest BCUT2D eigenvalue weighted by molar-refractivity contribution is 0.454. The molecule has 0 aromatic rings. The van der Waals surface area contributed by atoms with Crippen LogP contribution >= 0.6 is 0 Å². The summed E-state index contributed by atoms with van der Waals surface area (Å²) in [5, 5.41) is 3.62. The first kappa shape index (κ1) is 13.3. The monoisotopic (exact) mass is 226 g/mol. The number of aliphatic imine (C=N–C) groups is 1. The molecule has 0 aromatic carbocycles. The maximum absolute atomic E-state index is 5.26. The zero-order chi connectivity index (χ0) is 11.6. The van der Waals surface area contributed by atoms with Gasteiger partial charge in [-0.25, -0.2) is 0 Å². The molecule has 1 saturated heterocycles. The summed E-state index contributed by atoms with van der Waals surface area (Å²) in [6, 6.07) is 0.755. The number of hydrogen-bond acceptors (Lipinski definition) is 2. The Morgan fingerprint density at radius 3 is 2.81 bits per heavy atom. The molecule has 0 saturated carbocycles. The molecule has 4 nitrogen and oxygen atoms in total. The molecule has 1 aliphatic rings. The van der Waals surface area contributed by atoms with Crippen molar-refractivity contribution in [2.75, 3.05) is 13.1 Å². The second kappa shape index (κ2) is 8.39. The van der Waals surface area contributed by atoms with Gasteiger partial charge in [0.2, 0.25) is 0 Å². The van der Waals surface area contributed by atoms with Crippen molar-refractivity contribution in [2.24, 2.45) is 16.5 Å². The van der Waals surface area contributed by atoms with Gasteiger partial charge in [-0.05, 0) is 32.2 Å². The van der Waals surface area contributed by atoms with E-state index in [-0.39, 0.29) is 5.96 Å². The Bertz CT molecular complexity index is 191. The summed E-state index contributed by atoms with van der Waals surface area (Å²) < 4.78 is 0. The van der Waals surface area contributed by atoms with Gasteiger partial charge in [0.05, 0.1) is 0 Å². The van der Waals surface area contributed by atoms with Crippen LogP contribution in [-0.2, 0) is 0 Å². The van der Waals surface area contributed by atoms with Gasteiger partial charge in [0.1, 0.15) is 0 Å². The largest absolute Gasteiger partial charge is 0.370 e. The quantitative estimate of drug-likeness (QED) is 0.363. The molecule has 0 amide bonds. The van der Waals surface area contributed by atoms with Gasteiger partial charge in [0, 0.05) is 12.6 Å². The average Bonchev–Trinajstić information content (AvgIpc) is 2.51. The van der Waals surface area contributed by atoms with Crippen LogP contribution in [0.2, 0.25) is 0 Å². The minimum atomic E-state index is 0.213. The van der Waals surface area contributed by atoms with Crippen LogP contribution in [0.3, 0.4) is 0 Å². The molecular weight excluding hydrogens is 200 g/mol. The summed E-state index contributed by atoms with van der Waals surface area (Å²) in [5.74, 6) is 0.213. The summed E-state index contributed by atoms with van der Waals surface area (Å²) >= 11 is 0. The molecule has 1 atom stereocenters. The van der Waals surface area contributed by atoms with Crippen LogP contribution in [0, 0.1) is 0 Å². The minimum absolute atomic E-state index is 0.213. The van der Waals surface area contributed by atoms with Crippen molar-refractivity contribution in [3.05, 3.63) is 0 Å². The van der Waals surface area contributed by atoms with E-state index in [1.807, 2.05) is 0 Å². The average molecular weight is 226 g/mol. The first-order chi connectivity index (χ1) is 7.79. The molecule has 0 radical (unpaired) electrons. The van der Waals surface area contributed by atoms with Crippen LogP contribution in [0.5, 0.6) is 0 Å². The van der Waals surface area contributed by atoms with Crippen LogP contribution in [0.4, 0.5) is 0 Å². The molecule has 5 N–H and O–H groups in total. The molecule has 1 unspecified atom stereocenters. The summed E-state index contributed by atoms with van der Waals surface area (Å²) in [7, 11) is 0. The van der Waals surface area contributed by atoms with E-state index >= 15 is 0 Å². The minimum Gasteiger partial charge on any atom is -0.370 e. The number of nitrogens with one attached hydrogen (secondary N) is 1. The van der Waals surface area contributed by atoms with Crippen LogP contribution in [0.1, 0.15) is 51.4 Å². The Morgan fingerprint density at radius 2 is 2.00 bits per heavy atom. The topological polar surface area (TPSA) is 76.4 Å². The van der Waals surface area contributed by atoms with Gasteiger partial charge in [-0.3, -0.25) is 4.99 Å². The third-order valence-electron chi connectivity index (χ3n) is 3.17. The molecule has 0 bridgehead atoms. The van der Waals surface area contributed by atoms with E-state index in [1.165, 1.54) is 51.5 Å². The molecule has 16 heavy (non-hydrogen) atoms. The lowest BCUT2D eigenvalue weighted by Gasteiger charge is -2.14. The molecule has 1 rings (SSSR count). The van der Waals surface area contributed by atoms with Gasteiger partial charge in [-0.1, -0.05) is 25.7 Å². The zero-order valence-electron chi connectivity index (χ0n) is 10.3. The number of unbranched alkanes of at least 4 members (excludes halogenated alkanes) is 2. The molecule has 0 aromatic heterocycles. The summed E-state index contributed by atoms with van der Waals surface area (Å²) in [4.78, 5) is 3.98. The fourth-order valence-corrected chi connectivity index (χ4v) is 2.23. The molecule has 0 spiro atoms. The van der Waals surface area contributed by atoms with Crippen LogP contribution in [0.25, 0.3) is 0 Å². The van der Waals surface area contributed by atoms with Gasteiger partial charge < -0.3 is 16.8 Å². The normalized spacial score (nSPS) is 21.4. The van der Waals surface area contributed by atoms with Gasteiger partial charge in [0.25, 0.3) is 0 Å². The first-order valence-electron chi connectivity index (χ1n) is 6.58. The number of hydrogen-bond donors (Lipinski definition) is 3. The molecule has 4 heteroatoms. The van der Waals surface area contributed by atoms with E-state index in [0.717, 1.165) is 19.0 Å². The summed E-state index contributed by atoms with van der Waals surface area (Å²) in [5.41, 5.74) is 10.5. The van der Waals surface area contributed by atoms with Crippen molar-refractivity contribution in [1.82, 2.24) is 5.32 Å². The highest BCUT2D eigenvalue weighted by molar-refractivity contribution is 5.75. The zero-order valence-corrected chi connectivity index (χ0v) is 10.3. The van der Waals surface area contributed by atoms with E-state index in [9.17, 15) is 0 Å². The number of nitrogens with two attached hydrogens (primary N) is 2. The number of nitrogens with zero attached hydrogens (tertiary/aromatic N) is 1. The Balaban J connectivity index is 1.95. The fourth-order valence-electron chi connectivity index (χ4n) is 2.23. The van der Waals surface area contributed by atoms with Crippen LogP contribution in [-0.4, -0.2) is 25.1 Å². The van der Waals surface area contributed by atoms with Crippen molar-refractivity contribution < 1.29 is 0 Å². The molecule has 1 heterocycles. The Hall–Kier alpha value is -0.770. The molecule has 1 fully saturated rings. The van der Waals surface area contributed by atoms with Gasteiger partial charge >= 0.3 is 0 Å². The van der Waals surface area contributed by atoms with Gasteiger partial charge in [-0.2, -0.15) is 0 Å². The highest BCUT2D eigenvalue weighted by Crippen LogP contribution is 2.13. The summed E-state index contributed by atoms with van der Waals surface area (Å²) in [6.07, 6.45) is 10.4. The van der Waals surface area contributed by atoms with Crippen molar-refractivity contribution >= 4 is 5.96 Å². The van der Waals surface area contributed by atoms with Crippen LogP contribution in [0.15, 0.2) is 4.99 Å². The van der Waals surface area contributed by atoms with E-state index in [2.05, 4.69) is 10.3 Å². The summed E-state index contributed by atoms with van der Waals surface area (Å²) in [6.45, 7) is 1.99. The van der Waals surface area contributed by atoms with Gasteiger partial charge in [-0.15, -0.1) is 0 Å². The lowest BCUT2D eigenvalue weighted by Crippen LogP contribution is -2.27. The number of guanidine groups is 1. The smallest absolute Gasteiger partial charge is 0.185 e. The molecule has 94 valence electrons. The van der Waals surface area contributed by atoms with Crippen molar-refractivity contribution in [2.45, 2.75) is 57.4 Å². The maximum Gasteiger partial charge on any atom is 0.185 e. The third-order valence-corrected chi connectivity index (χ3v) is 3.17. The Kier molecular flexibility index (Phi) is 6.97. The first-order valence-corrected chi connectivity index (χ1v) is 6.58. The van der Waals surface area contributed by atoms with E-state index in [4.69, 9.17) is 11.5 Å². The number of rotatable bonds is 6. The predicted molar refractivity (Wildman–Crippen MR) is 69.4 cm³/mol. The van der Waals surface area contributed by atoms with Gasteiger partial charge in [0.15, 0.2) is 5.96 Å². The predicted octanol–water partition coefficient (Wildman–Crippen LogP) is 1.35. The van der Waals surface area contributed by atoms with E-state index in [1.54, 1.807) is 0 Å². The van der Waals surface area contributed by atoms with E-state index in [0.29, 0.717) is 0 Å². The van der Waals surface area contributed by atoms with Crippen LogP contribution < -0.4 is 16.8 Å². The molecular formula is C12H26N4. The maximum atomic E-state index is 5.26. The molecule has 0 aliphatic carbocycles. The third kappa shape index (κ3) is 6.67. The highest BCUT2D eigenvalue weighted by atomic mass is 15.0. The lowest BCUT2D eigenvalue weighted by atomic mass is 10.0.